The summed E-state index contributed by atoms with van der Waals surface area (Å²) in [6.45, 7) is 1.73. The third kappa shape index (κ3) is 2.69. The van der Waals surface area contributed by atoms with Crippen molar-refractivity contribution in [3.8, 4) is 6.07 Å². The first-order valence-corrected chi connectivity index (χ1v) is 7.14. The van der Waals surface area contributed by atoms with Gasteiger partial charge in [0.15, 0.2) is 0 Å². The second-order valence-corrected chi connectivity index (χ2v) is 5.34. The van der Waals surface area contributed by atoms with Gasteiger partial charge >= 0.3 is 0 Å². The van der Waals surface area contributed by atoms with Gasteiger partial charge in [0, 0.05) is 31.1 Å². The third-order valence-electron chi connectivity index (χ3n) is 3.98. The van der Waals surface area contributed by atoms with E-state index in [2.05, 4.69) is 26.7 Å². The van der Waals surface area contributed by atoms with Crippen molar-refractivity contribution < 1.29 is 0 Å². The third-order valence-corrected chi connectivity index (χ3v) is 3.98. The van der Waals surface area contributed by atoms with Crippen LogP contribution in [0.25, 0.3) is 0 Å². The van der Waals surface area contributed by atoms with Crippen molar-refractivity contribution in [1.29, 1.82) is 5.26 Å². The molecule has 0 saturated heterocycles. The van der Waals surface area contributed by atoms with E-state index < -0.39 is 0 Å². The quantitative estimate of drug-likeness (QED) is 0.844. The van der Waals surface area contributed by atoms with Crippen LogP contribution >= 0.6 is 0 Å². The number of nitriles is 1. The molecule has 0 radical (unpaired) electrons. The first kappa shape index (κ1) is 12.4. The number of hydrogen-bond acceptors (Lipinski definition) is 5. The number of hydrogen-bond donors (Lipinski definition) is 2. The van der Waals surface area contributed by atoms with Gasteiger partial charge in [-0.15, -0.1) is 0 Å². The van der Waals surface area contributed by atoms with E-state index in [0.29, 0.717) is 11.9 Å². The molecule has 1 fully saturated rings. The minimum atomic E-state index is 0.291. The summed E-state index contributed by atoms with van der Waals surface area (Å²) in [5.41, 5.74) is 2.18. The summed E-state index contributed by atoms with van der Waals surface area (Å²) in [5.74, 6) is 1.17. The lowest BCUT2D eigenvalue weighted by atomic mass is 9.95. The highest BCUT2D eigenvalue weighted by Crippen LogP contribution is 2.25. The SMILES string of the molecule is N#Cc1nc2c(c(NC3CCCCC3)n1)CNCC2. The highest BCUT2D eigenvalue weighted by molar-refractivity contribution is 5.49. The molecule has 2 aliphatic rings. The predicted molar refractivity (Wildman–Crippen MR) is 72.7 cm³/mol. The van der Waals surface area contributed by atoms with Gasteiger partial charge in [0.2, 0.25) is 5.82 Å². The van der Waals surface area contributed by atoms with Gasteiger partial charge in [-0.2, -0.15) is 5.26 Å². The van der Waals surface area contributed by atoms with Crippen molar-refractivity contribution in [3.05, 3.63) is 17.1 Å². The maximum Gasteiger partial charge on any atom is 0.234 e. The molecule has 1 aromatic rings. The van der Waals surface area contributed by atoms with Crippen LogP contribution in [-0.2, 0) is 13.0 Å². The molecule has 3 rings (SSSR count). The monoisotopic (exact) mass is 257 g/mol. The van der Waals surface area contributed by atoms with Crippen molar-refractivity contribution in [1.82, 2.24) is 15.3 Å². The highest BCUT2D eigenvalue weighted by atomic mass is 15.1. The summed E-state index contributed by atoms with van der Waals surface area (Å²) in [7, 11) is 0. The van der Waals surface area contributed by atoms with E-state index in [-0.39, 0.29) is 0 Å². The van der Waals surface area contributed by atoms with Gasteiger partial charge in [0.05, 0.1) is 5.69 Å². The molecule has 5 heteroatoms. The van der Waals surface area contributed by atoms with Gasteiger partial charge in [0.25, 0.3) is 0 Å². The van der Waals surface area contributed by atoms with Gasteiger partial charge < -0.3 is 10.6 Å². The topological polar surface area (TPSA) is 73.6 Å². The number of aromatic nitrogens is 2. The van der Waals surface area contributed by atoms with Crippen molar-refractivity contribution >= 4 is 5.82 Å². The van der Waals surface area contributed by atoms with E-state index >= 15 is 0 Å². The standard InChI is InChI=1S/C14H19N5/c15-8-13-18-12-6-7-16-9-11(12)14(19-13)17-10-4-2-1-3-5-10/h10,16H,1-7,9H2,(H,17,18,19). The number of fused-ring (bicyclic) bond motifs is 1. The van der Waals surface area contributed by atoms with E-state index in [1.54, 1.807) is 0 Å². The number of rotatable bonds is 2. The lowest BCUT2D eigenvalue weighted by molar-refractivity contribution is 0.461. The lowest BCUT2D eigenvalue weighted by Crippen LogP contribution is -2.29. The van der Waals surface area contributed by atoms with Gasteiger partial charge in [-0.05, 0) is 12.8 Å². The summed E-state index contributed by atoms with van der Waals surface area (Å²) >= 11 is 0. The summed E-state index contributed by atoms with van der Waals surface area (Å²) in [5, 5.41) is 15.9. The van der Waals surface area contributed by atoms with Gasteiger partial charge in [-0.3, -0.25) is 0 Å². The average molecular weight is 257 g/mol. The molecule has 2 heterocycles. The summed E-state index contributed by atoms with van der Waals surface area (Å²) < 4.78 is 0. The van der Waals surface area contributed by atoms with E-state index in [1.807, 2.05) is 0 Å². The molecule has 0 bridgehead atoms. The van der Waals surface area contributed by atoms with Gasteiger partial charge in [0.1, 0.15) is 11.9 Å². The Hall–Kier alpha value is -1.67. The molecule has 1 saturated carbocycles. The minimum absolute atomic E-state index is 0.291. The highest BCUT2D eigenvalue weighted by Gasteiger charge is 2.20. The second kappa shape index (κ2) is 5.54. The first-order valence-electron chi connectivity index (χ1n) is 7.14. The fourth-order valence-electron chi connectivity index (χ4n) is 2.95. The van der Waals surface area contributed by atoms with Crippen molar-refractivity contribution in [2.75, 3.05) is 11.9 Å². The zero-order valence-electron chi connectivity index (χ0n) is 11.1. The van der Waals surface area contributed by atoms with E-state index in [0.717, 1.165) is 36.6 Å². The van der Waals surface area contributed by atoms with Crippen LogP contribution in [-0.4, -0.2) is 22.6 Å². The van der Waals surface area contributed by atoms with Crippen molar-refractivity contribution in [2.24, 2.45) is 0 Å². The molecule has 5 nitrogen and oxygen atoms in total. The van der Waals surface area contributed by atoms with Crippen molar-refractivity contribution in [2.45, 2.75) is 51.1 Å². The lowest BCUT2D eigenvalue weighted by Gasteiger charge is -2.26. The fourth-order valence-corrected chi connectivity index (χ4v) is 2.95. The molecular weight excluding hydrogens is 238 g/mol. The Labute approximate surface area is 113 Å². The molecule has 0 aromatic carbocycles. The summed E-state index contributed by atoms with van der Waals surface area (Å²) in [4.78, 5) is 8.71. The minimum Gasteiger partial charge on any atom is -0.367 e. The number of nitrogens with zero attached hydrogens (tertiary/aromatic N) is 3. The molecule has 100 valence electrons. The van der Waals surface area contributed by atoms with Gasteiger partial charge in [-0.25, -0.2) is 9.97 Å². The summed E-state index contributed by atoms with van der Waals surface area (Å²) in [6, 6.07) is 2.57. The summed E-state index contributed by atoms with van der Waals surface area (Å²) in [6.07, 6.45) is 7.20. The molecule has 0 atom stereocenters. The van der Waals surface area contributed by atoms with Crippen molar-refractivity contribution in [3.63, 3.8) is 0 Å². The first-order chi connectivity index (χ1) is 9.36. The van der Waals surface area contributed by atoms with Crippen LogP contribution in [0.3, 0.4) is 0 Å². The zero-order chi connectivity index (χ0) is 13.1. The van der Waals surface area contributed by atoms with Crippen LogP contribution in [0, 0.1) is 11.3 Å². The fraction of sp³-hybridized carbons (Fsp3) is 0.643. The molecule has 0 amide bonds. The molecule has 0 spiro atoms. The molecule has 19 heavy (non-hydrogen) atoms. The van der Waals surface area contributed by atoms with Crippen LogP contribution < -0.4 is 10.6 Å². The largest absolute Gasteiger partial charge is 0.367 e. The van der Waals surface area contributed by atoms with Crippen LogP contribution in [0.1, 0.15) is 49.2 Å². The average Bonchev–Trinajstić information content (AvgIpc) is 2.48. The zero-order valence-corrected chi connectivity index (χ0v) is 11.1. The Morgan fingerprint density at radius 1 is 1.21 bits per heavy atom. The Balaban J connectivity index is 1.88. The number of nitrogens with one attached hydrogen (secondary N) is 2. The molecule has 1 aliphatic heterocycles. The van der Waals surface area contributed by atoms with Crippen LogP contribution in [0.2, 0.25) is 0 Å². The maximum atomic E-state index is 9.05. The molecule has 1 aliphatic carbocycles. The Morgan fingerprint density at radius 2 is 2.05 bits per heavy atom. The molecule has 1 aromatic heterocycles. The molecule has 0 unspecified atom stereocenters. The Kier molecular flexibility index (Phi) is 3.60. The predicted octanol–water partition coefficient (Wildman–Crippen LogP) is 1.74. The smallest absolute Gasteiger partial charge is 0.234 e. The Morgan fingerprint density at radius 3 is 2.84 bits per heavy atom. The molecule has 2 N–H and O–H groups in total. The van der Waals surface area contributed by atoms with Gasteiger partial charge in [-0.1, -0.05) is 19.3 Å². The maximum absolute atomic E-state index is 9.05. The molecular formula is C14H19N5. The van der Waals surface area contributed by atoms with Crippen LogP contribution in [0.15, 0.2) is 0 Å². The van der Waals surface area contributed by atoms with E-state index in [9.17, 15) is 0 Å². The van der Waals surface area contributed by atoms with E-state index in [4.69, 9.17) is 5.26 Å². The van der Waals surface area contributed by atoms with Crippen LogP contribution in [0.5, 0.6) is 0 Å². The second-order valence-electron chi connectivity index (χ2n) is 5.34. The Bertz CT molecular complexity index is 499. The number of anilines is 1. The van der Waals surface area contributed by atoms with Crippen LogP contribution in [0.4, 0.5) is 5.82 Å². The normalized spacial score (nSPS) is 19.5. The van der Waals surface area contributed by atoms with E-state index in [1.165, 1.54) is 32.1 Å².